The topological polar surface area (TPSA) is 55.7 Å². The van der Waals surface area contributed by atoms with E-state index in [1.165, 1.54) is 23.1 Å². The smallest absolute Gasteiger partial charge is 0.0589 e. The van der Waals surface area contributed by atoms with E-state index in [-0.39, 0.29) is 25.6 Å². The van der Waals surface area contributed by atoms with Crippen LogP contribution in [0.3, 0.4) is 0 Å². The minimum atomic E-state index is 0. The van der Waals surface area contributed by atoms with Crippen molar-refractivity contribution >= 4 is 12.4 Å². The number of benzene rings is 1. The maximum atomic E-state index is 9.68. The number of allylic oxidation sites excluding steroid dienone is 2. The summed E-state index contributed by atoms with van der Waals surface area (Å²) < 4.78 is 0. The summed E-state index contributed by atoms with van der Waals surface area (Å²) >= 11 is 0. The highest BCUT2D eigenvalue weighted by Gasteiger charge is 2.44. The number of aliphatic hydroxyl groups excluding tert-OH is 2. The van der Waals surface area contributed by atoms with Gasteiger partial charge in [0.15, 0.2) is 0 Å². The average molecular weight is 433 g/mol. The zero-order valence-corrected chi connectivity index (χ0v) is 18.7. The van der Waals surface area contributed by atoms with Gasteiger partial charge in [-0.15, -0.1) is 12.4 Å². The number of nitrogens with zero attached hydrogens (tertiary/aromatic N) is 1. The lowest BCUT2D eigenvalue weighted by molar-refractivity contribution is 0.130. The van der Waals surface area contributed by atoms with Crippen LogP contribution in [0.5, 0.6) is 0 Å². The molecule has 0 radical (unpaired) electrons. The molecule has 0 bridgehead atoms. The summed E-state index contributed by atoms with van der Waals surface area (Å²) in [5.74, 6) is 2.79. The van der Waals surface area contributed by atoms with Crippen molar-refractivity contribution in [2.45, 2.75) is 44.3 Å². The molecule has 2 saturated heterocycles. The molecule has 5 rings (SSSR count). The van der Waals surface area contributed by atoms with Gasteiger partial charge in [-0.2, -0.15) is 0 Å². The first-order valence-corrected chi connectivity index (χ1v) is 11.2. The Bertz CT molecular complexity index is 725. The zero-order valence-electron chi connectivity index (χ0n) is 17.9. The Labute approximate surface area is 187 Å². The second-order valence-electron chi connectivity index (χ2n) is 9.53. The molecular formula is C25H37ClN2O2. The Balaban J connectivity index is 0.000000184. The SMILES string of the molecule is C=C1CC2CN(Cc3ccccc3)C(CO)[C@H]2C1.C=C1CC2CNC(CO)[C@H]2C1.Cl. The Morgan fingerprint density at radius 2 is 1.57 bits per heavy atom. The van der Waals surface area contributed by atoms with E-state index in [0.717, 1.165) is 50.7 Å². The van der Waals surface area contributed by atoms with Gasteiger partial charge in [0, 0.05) is 25.2 Å². The Kier molecular flexibility index (Phi) is 8.17. The fraction of sp³-hybridized carbons (Fsp3) is 0.600. The quantitative estimate of drug-likeness (QED) is 0.638. The Morgan fingerprint density at radius 3 is 2.23 bits per heavy atom. The van der Waals surface area contributed by atoms with Crippen LogP contribution in [0.15, 0.2) is 54.6 Å². The predicted octanol–water partition coefficient (Wildman–Crippen LogP) is 3.40. The minimum absolute atomic E-state index is 0. The first-order valence-electron chi connectivity index (χ1n) is 11.2. The van der Waals surface area contributed by atoms with Crippen molar-refractivity contribution in [3.8, 4) is 0 Å². The second-order valence-corrected chi connectivity index (χ2v) is 9.53. The zero-order chi connectivity index (χ0) is 20.4. The van der Waals surface area contributed by atoms with Crippen molar-refractivity contribution in [2.75, 3.05) is 26.3 Å². The molecule has 4 nitrogen and oxygen atoms in total. The molecule has 5 heteroatoms. The molecule has 4 fully saturated rings. The maximum absolute atomic E-state index is 9.68. The molecule has 6 atom stereocenters. The molecule has 2 aliphatic heterocycles. The number of hydrogen-bond acceptors (Lipinski definition) is 4. The van der Waals surface area contributed by atoms with E-state index in [1.807, 2.05) is 0 Å². The molecule has 166 valence electrons. The fourth-order valence-electron chi connectivity index (χ4n) is 6.17. The highest BCUT2D eigenvalue weighted by molar-refractivity contribution is 5.85. The minimum Gasteiger partial charge on any atom is -0.395 e. The predicted molar refractivity (Wildman–Crippen MR) is 125 cm³/mol. The molecule has 0 amide bonds. The van der Waals surface area contributed by atoms with Crippen molar-refractivity contribution in [1.29, 1.82) is 0 Å². The van der Waals surface area contributed by atoms with Gasteiger partial charge in [-0.05, 0) is 61.5 Å². The van der Waals surface area contributed by atoms with Crippen LogP contribution in [-0.4, -0.2) is 53.5 Å². The lowest BCUT2D eigenvalue weighted by atomic mass is 9.94. The lowest BCUT2D eigenvalue weighted by Crippen LogP contribution is -2.35. The largest absolute Gasteiger partial charge is 0.395 e. The highest BCUT2D eigenvalue weighted by atomic mass is 35.5. The second kappa shape index (κ2) is 10.4. The van der Waals surface area contributed by atoms with Gasteiger partial charge in [-0.25, -0.2) is 0 Å². The molecule has 1 aromatic rings. The summed E-state index contributed by atoms with van der Waals surface area (Å²) in [7, 11) is 0. The van der Waals surface area contributed by atoms with E-state index in [2.05, 4.69) is 53.7 Å². The molecule has 4 aliphatic rings. The fourth-order valence-corrected chi connectivity index (χ4v) is 6.17. The first-order chi connectivity index (χ1) is 14.1. The average Bonchev–Trinajstić information content (AvgIpc) is 3.43. The molecule has 1 aromatic carbocycles. The van der Waals surface area contributed by atoms with E-state index in [9.17, 15) is 5.11 Å². The number of fused-ring (bicyclic) bond motifs is 2. The van der Waals surface area contributed by atoms with Gasteiger partial charge >= 0.3 is 0 Å². The molecule has 30 heavy (non-hydrogen) atoms. The van der Waals surface area contributed by atoms with Gasteiger partial charge in [0.1, 0.15) is 0 Å². The van der Waals surface area contributed by atoms with E-state index in [4.69, 9.17) is 5.11 Å². The van der Waals surface area contributed by atoms with Gasteiger partial charge in [-0.1, -0.05) is 54.6 Å². The number of hydrogen-bond donors (Lipinski definition) is 3. The molecule has 0 aromatic heterocycles. The third-order valence-corrected chi connectivity index (χ3v) is 7.57. The molecule has 0 spiro atoms. The number of nitrogens with one attached hydrogen (secondary N) is 1. The molecule has 2 heterocycles. The van der Waals surface area contributed by atoms with Crippen molar-refractivity contribution in [1.82, 2.24) is 10.2 Å². The molecule has 2 saturated carbocycles. The molecule has 3 N–H and O–H groups in total. The Hall–Kier alpha value is -1.17. The van der Waals surface area contributed by atoms with Crippen LogP contribution in [0.2, 0.25) is 0 Å². The monoisotopic (exact) mass is 432 g/mol. The van der Waals surface area contributed by atoms with Crippen molar-refractivity contribution < 1.29 is 10.2 Å². The summed E-state index contributed by atoms with van der Waals surface area (Å²) in [6, 6.07) is 11.2. The highest BCUT2D eigenvalue weighted by Crippen LogP contribution is 2.44. The van der Waals surface area contributed by atoms with Crippen LogP contribution in [0.4, 0.5) is 0 Å². The van der Waals surface area contributed by atoms with Crippen LogP contribution in [0.25, 0.3) is 0 Å². The van der Waals surface area contributed by atoms with Crippen molar-refractivity contribution in [3.05, 3.63) is 60.2 Å². The number of rotatable bonds is 4. The van der Waals surface area contributed by atoms with Crippen molar-refractivity contribution in [2.24, 2.45) is 23.7 Å². The third-order valence-electron chi connectivity index (χ3n) is 7.57. The molecule has 4 unspecified atom stereocenters. The lowest BCUT2D eigenvalue weighted by Gasteiger charge is -2.26. The van der Waals surface area contributed by atoms with E-state index >= 15 is 0 Å². The number of likely N-dealkylation sites (tertiary alicyclic amines) is 1. The van der Waals surface area contributed by atoms with Crippen LogP contribution in [-0.2, 0) is 6.54 Å². The molecule has 2 aliphatic carbocycles. The van der Waals surface area contributed by atoms with Gasteiger partial charge < -0.3 is 15.5 Å². The van der Waals surface area contributed by atoms with Gasteiger partial charge in [0.25, 0.3) is 0 Å². The van der Waals surface area contributed by atoms with Crippen LogP contribution >= 0.6 is 12.4 Å². The maximum Gasteiger partial charge on any atom is 0.0589 e. The normalized spacial score (nSPS) is 34.9. The van der Waals surface area contributed by atoms with Gasteiger partial charge in [0.05, 0.1) is 13.2 Å². The van der Waals surface area contributed by atoms with Crippen LogP contribution in [0, 0.1) is 23.7 Å². The van der Waals surface area contributed by atoms with E-state index < -0.39 is 0 Å². The van der Waals surface area contributed by atoms with Crippen LogP contribution < -0.4 is 5.32 Å². The summed E-state index contributed by atoms with van der Waals surface area (Å²) in [5.41, 5.74) is 4.09. The van der Waals surface area contributed by atoms with Crippen molar-refractivity contribution in [3.63, 3.8) is 0 Å². The third kappa shape index (κ3) is 5.00. The van der Waals surface area contributed by atoms with Crippen LogP contribution in [0.1, 0.15) is 31.2 Å². The summed E-state index contributed by atoms with van der Waals surface area (Å²) in [6.45, 7) is 11.8. The number of aliphatic hydroxyl groups is 2. The standard InChI is InChI=1S/C16H21NO.C9H15NO.ClH/c1-12-7-14-10-17(16(11-18)15(14)8-12)9-13-5-3-2-4-6-13;1-6-2-7-4-10-9(5-11)8(7)3-6;/h2-6,14-16,18H,1,7-11H2;7-11H,1-5H2;1H/t14?,15-,16?;7?,8-,9?;/m00./s1. The van der Waals surface area contributed by atoms with Gasteiger partial charge in [0.2, 0.25) is 0 Å². The summed E-state index contributed by atoms with van der Waals surface area (Å²) in [5, 5.41) is 22.0. The Morgan fingerprint density at radius 1 is 0.900 bits per heavy atom. The van der Waals surface area contributed by atoms with E-state index in [0.29, 0.717) is 23.9 Å². The summed E-state index contributed by atoms with van der Waals surface area (Å²) in [6.07, 6.45) is 4.57. The molecular weight excluding hydrogens is 396 g/mol. The van der Waals surface area contributed by atoms with E-state index in [1.54, 1.807) is 0 Å². The first kappa shape index (κ1) is 23.5. The van der Waals surface area contributed by atoms with Gasteiger partial charge in [-0.3, -0.25) is 4.90 Å². The number of halogens is 1. The summed E-state index contributed by atoms with van der Waals surface area (Å²) in [4.78, 5) is 2.46.